The predicted molar refractivity (Wildman–Crippen MR) is 55.0 cm³/mol. The Morgan fingerprint density at radius 3 is 2.33 bits per heavy atom. The Kier molecular flexibility index (Phi) is 4.27. The summed E-state index contributed by atoms with van der Waals surface area (Å²) in [5, 5.41) is 26.6. The zero-order chi connectivity index (χ0) is 11.3. The van der Waals surface area contributed by atoms with E-state index in [2.05, 4.69) is 0 Å². The number of rotatable bonds is 5. The first-order chi connectivity index (χ1) is 7.20. The second kappa shape index (κ2) is 5.48. The molecule has 0 atom stereocenters. The topological polar surface area (TPSA) is 77.8 Å². The van der Waals surface area contributed by atoms with Gasteiger partial charge in [0.05, 0.1) is 5.56 Å². The number of carbonyl (C=O) groups is 1. The van der Waals surface area contributed by atoms with E-state index in [0.717, 1.165) is 5.56 Å². The molecule has 0 fully saturated rings. The Morgan fingerprint density at radius 1 is 1.13 bits per heavy atom. The third kappa shape index (κ3) is 2.78. The van der Waals surface area contributed by atoms with Crippen LogP contribution in [0.1, 0.15) is 21.5 Å². The maximum absolute atomic E-state index is 10.9. The first-order valence-electron chi connectivity index (χ1n) is 4.76. The standard InChI is InChI=1S/C11H14O4/c12-6-4-8-2-1-3-10(11(14)15)9(8)5-7-13/h1-3,12-13H,4-7H2,(H,14,15). The molecule has 1 aromatic carbocycles. The summed E-state index contributed by atoms with van der Waals surface area (Å²) in [6, 6.07) is 4.93. The minimum atomic E-state index is -1.00. The fourth-order valence-electron chi connectivity index (χ4n) is 1.60. The summed E-state index contributed by atoms with van der Waals surface area (Å²) < 4.78 is 0. The van der Waals surface area contributed by atoms with Crippen molar-refractivity contribution in [2.45, 2.75) is 12.8 Å². The molecule has 0 amide bonds. The monoisotopic (exact) mass is 210 g/mol. The molecule has 1 rings (SSSR count). The van der Waals surface area contributed by atoms with Gasteiger partial charge in [-0.25, -0.2) is 4.79 Å². The van der Waals surface area contributed by atoms with Gasteiger partial charge in [0.25, 0.3) is 0 Å². The van der Waals surface area contributed by atoms with Gasteiger partial charge in [-0.3, -0.25) is 0 Å². The SMILES string of the molecule is O=C(O)c1cccc(CCO)c1CCO. The summed E-state index contributed by atoms with van der Waals surface area (Å²) in [4.78, 5) is 10.9. The minimum Gasteiger partial charge on any atom is -0.478 e. The Labute approximate surface area is 87.8 Å². The van der Waals surface area contributed by atoms with Crippen molar-refractivity contribution in [1.29, 1.82) is 0 Å². The molecule has 0 heterocycles. The van der Waals surface area contributed by atoms with Gasteiger partial charge in [-0.1, -0.05) is 12.1 Å². The van der Waals surface area contributed by atoms with Gasteiger partial charge in [-0.05, 0) is 30.0 Å². The molecule has 1 aromatic rings. The summed E-state index contributed by atoms with van der Waals surface area (Å²) >= 11 is 0. The molecular weight excluding hydrogens is 196 g/mol. The maximum Gasteiger partial charge on any atom is 0.335 e. The van der Waals surface area contributed by atoms with Crippen molar-refractivity contribution in [1.82, 2.24) is 0 Å². The van der Waals surface area contributed by atoms with E-state index in [9.17, 15) is 4.79 Å². The van der Waals surface area contributed by atoms with Gasteiger partial charge in [-0.2, -0.15) is 0 Å². The molecule has 3 N–H and O–H groups in total. The number of aliphatic hydroxyl groups is 2. The van der Waals surface area contributed by atoms with Crippen LogP contribution >= 0.6 is 0 Å². The lowest BCUT2D eigenvalue weighted by Gasteiger charge is -2.10. The fraction of sp³-hybridized carbons (Fsp3) is 0.364. The van der Waals surface area contributed by atoms with Gasteiger partial charge in [0.1, 0.15) is 0 Å². The van der Waals surface area contributed by atoms with Gasteiger partial charge < -0.3 is 15.3 Å². The van der Waals surface area contributed by atoms with Crippen molar-refractivity contribution < 1.29 is 20.1 Å². The lowest BCUT2D eigenvalue weighted by atomic mass is 9.96. The Morgan fingerprint density at radius 2 is 1.80 bits per heavy atom. The van der Waals surface area contributed by atoms with Gasteiger partial charge in [-0.15, -0.1) is 0 Å². The number of hydrogen-bond acceptors (Lipinski definition) is 3. The van der Waals surface area contributed by atoms with E-state index in [1.54, 1.807) is 12.1 Å². The minimum absolute atomic E-state index is 0.0263. The average Bonchev–Trinajstić information content (AvgIpc) is 2.21. The number of aliphatic hydroxyl groups excluding tert-OH is 2. The Balaban J connectivity index is 3.15. The summed E-state index contributed by atoms with van der Waals surface area (Å²) in [7, 11) is 0. The van der Waals surface area contributed by atoms with Crippen molar-refractivity contribution in [2.75, 3.05) is 13.2 Å². The van der Waals surface area contributed by atoms with Gasteiger partial charge in [0.15, 0.2) is 0 Å². The van der Waals surface area contributed by atoms with Gasteiger partial charge in [0.2, 0.25) is 0 Å². The van der Waals surface area contributed by atoms with Crippen LogP contribution in [0.2, 0.25) is 0 Å². The number of aromatic carboxylic acids is 1. The van der Waals surface area contributed by atoms with Gasteiger partial charge in [0, 0.05) is 13.2 Å². The van der Waals surface area contributed by atoms with Crippen LogP contribution in [0.3, 0.4) is 0 Å². The maximum atomic E-state index is 10.9. The van der Waals surface area contributed by atoms with E-state index in [1.807, 2.05) is 0 Å². The van der Waals surface area contributed by atoms with Crippen LogP contribution in [-0.4, -0.2) is 34.5 Å². The van der Waals surface area contributed by atoms with Crippen LogP contribution in [0.5, 0.6) is 0 Å². The molecule has 82 valence electrons. The summed E-state index contributed by atoms with van der Waals surface area (Å²) in [6.07, 6.45) is 0.717. The van der Waals surface area contributed by atoms with Crippen LogP contribution in [0.4, 0.5) is 0 Å². The highest BCUT2D eigenvalue weighted by molar-refractivity contribution is 5.89. The van der Waals surface area contributed by atoms with E-state index >= 15 is 0 Å². The predicted octanol–water partition coefficient (Wildman–Crippen LogP) is 0.454. The summed E-state index contributed by atoms with van der Waals surface area (Å²) in [5.74, 6) is -1.00. The van der Waals surface area contributed by atoms with Crippen molar-refractivity contribution in [3.63, 3.8) is 0 Å². The molecule has 4 nitrogen and oxygen atoms in total. The molecule has 0 saturated heterocycles. The molecule has 0 bridgehead atoms. The normalized spacial score (nSPS) is 10.3. The van der Waals surface area contributed by atoms with E-state index in [4.69, 9.17) is 15.3 Å². The molecule has 0 aromatic heterocycles. The lowest BCUT2D eigenvalue weighted by molar-refractivity contribution is 0.0695. The second-order valence-electron chi connectivity index (χ2n) is 3.20. The Bertz CT molecular complexity index is 346. The van der Waals surface area contributed by atoms with E-state index in [0.29, 0.717) is 18.4 Å². The smallest absolute Gasteiger partial charge is 0.335 e. The molecule has 15 heavy (non-hydrogen) atoms. The molecule has 0 saturated carbocycles. The molecule has 0 unspecified atom stereocenters. The molecule has 4 heteroatoms. The van der Waals surface area contributed by atoms with E-state index in [-0.39, 0.29) is 18.8 Å². The van der Waals surface area contributed by atoms with Crippen molar-refractivity contribution in [2.24, 2.45) is 0 Å². The zero-order valence-corrected chi connectivity index (χ0v) is 8.31. The van der Waals surface area contributed by atoms with Crippen LogP contribution in [-0.2, 0) is 12.8 Å². The number of hydrogen-bond donors (Lipinski definition) is 3. The molecule has 0 aliphatic heterocycles. The van der Waals surface area contributed by atoms with Crippen LogP contribution < -0.4 is 0 Å². The Hall–Kier alpha value is -1.39. The molecule has 0 aliphatic rings. The highest BCUT2D eigenvalue weighted by atomic mass is 16.4. The quantitative estimate of drug-likeness (QED) is 0.659. The molecule has 0 radical (unpaired) electrons. The second-order valence-corrected chi connectivity index (χ2v) is 3.20. The van der Waals surface area contributed by atoms with Crippen molar-refractivity contribution in [3.8, 4) is 0 Å². The van der Waals surface area contributed by atoms with Gasteiger partial charge >= 0.3 is 5.97 Å². The average molecular weight is 210 g/mol. The summed E-state index contributed by atoms with van der Waals surface area (Å²) in [5.41, 5.74) is 1.60. The van der Waals surface area contributed by atoms with Crippen molar-refractivity contribution in [3.05, 3.63) is 34.9 Å². The van der Waals surface area contributed by atoms with Crippen LogP contribution in [0, 0.1) is 0 Å². The highest BCUT2D eigenvalue weighted by Crippen LogP contribution is 2.16. The molecular formula is C11H14O4. The largest absolute Gasteiger partial charge is 0.478 e. The number of carboxylic acids is 1. The van der Waals surface area contributed by atoms with Crippen LogP contribution in [0.15, 0.2) is 18.2 Å². The van der Waals surface area contributed by atoms with Crippen molar-refractivity contribution >= 4 is 5.97 Å². The summed E-state index contributed by atoms with van der Waals surface area (Å²) in [6.45, 7) is -0.121. The lowest BCUT2D eigenvalue weighted by Crippen LogP contribution is -2.08. The zero-order valence-electron chi connectivity index (χ0n) is 8.31. The third-order valence-corrected chi connectivity index (χ3v) is 2.25. The van der Waals surface area contributed by atoms with E-state index in [1.165, 1.54) is 6.07 Å². The number of benzene rings is 1. The first-order valence-corrected chi connectivity index (χ1v) is 4.76. The number of carboxylic acid groups (broad SMARTS) is 1. The molecule has 0 spiro atoms. The van der Waals surface area contributed by atoms with Crippen LogP contribution in [0.25, 0.3) is 0 Å². The molecule has 0 aliphatic carbocycles. The van der Waals surface area contributed by atoms with E-state index < -0.39 is 5.97 Å². The highest BCUT2D eigenvalue weighted by Gasteiger charge is 2.12. The first kappa shape index (κ1) is 11.7. The fourth-order valence-corrected chi connectivity index (χ4v) is 1.60. The third-order valence-electron chi connectivity index (χ3n) is 2.25.